The highest BCUT2D eigenvalue weighted by atomic mass is 32.1. The summed E-state index contributed by atoms with van der Waals surface area (Å²) in [5, 5.41) is 4.00. The molecule has 8 heteroatoms. The number of carbonyl (C=O) groups excluding carboxylic acids is 1. The van der Waals surface area contributed by atoms with Gasteiger partial charge in [-0.05, 0) is 42.8 Å². The molecule has 3 aromatic rings. The van der Waals surface area contributed by atoms with E-state index in [1.54, 1.807) is 18.4 Å². The van der Waals surface area contributed by atoms with Crippen LogP contribution in [0, 0.1) is 0 Å². The van der Waals surface area contributed by atoms with E-state index in [9.17, 15) is 4.79 Å². The fourth-order valence-corrected chi connectivity index (χ4v) is 4.46. The molecular weight excluding hydrogens is 400 g/mol. The number of hydrogen-bond donors (Lipinski definition) is 1. The van der Waals surface area contributed by atoms with Crippen molar-refractivity contribution in [2.75, 3.05) is 44.8 Å². The monoisotopic (exact) mass is 426 g/mol. The summed E-state index contributed by atoms with van der Waals surface area (Å²) >= 11 is 1.67. The first kappa shape index (κ1) is 20.3. The molecule has 4 rings (SSSR count). The van der Waals surface area contributed by atoms with E-state index >= 15 is 0 Å². The van der Waals surface area contributed by atoms with Crippen molar-refractivity contribution in [2.24, 2.45) is 0 Å². The van der Waals surface area contributed by atoms with Crippen LogP contribution in [0.1, 0.15) is 12.5 Å². The average molecular weight is 427 g/mol. The Morgan fingerprint density at radius 2 is 1.83 bits per heavy atom. The van der Waals surface area contributed by atoms with Crippen molar-refractivity contribution in [3.63, 3.8) is 0 Å². The van der Waals surface area contributed by atoms with Gasteiger partial charge < -0.3 is 24.6 Å². The lowest BCUT2D eigenvalue weighted by molar-refractivity contribution is 0.194. The van der Waals surface area contributed by atoms with Gasteiger partial charge in [0.2, 0.25) is 0 Å². The van der Waals surface area contributed by atoms with Gasteiger partial charge in [-0.25, -0.2) is 9.78 Å². The second-order valence-electron chi connectivity index (χ2n) is 7.04. The zero-order valence-corrected chi connectivity index (χ0v) is 18.1. The van der Waals surface area contributed by atoms with Crippen LogP contribution in [0.5, 0.6) is 11.5 Å². The molecule has 2 amide bonds. The molecule has 1 N–H and O–H groups in total. The fraction of sp³-hybridized carbons (Fsp3) is 0.364. The predicted octanol–water partition coefficient (Wildman–Crippen LogP) is 3.74. The molecule has 0 unspecified atom stereocenters. The van der Waals surface area contributed by atoms with Crippen LogP contribution in [0.25, 0.3) is 10.2 Å². The number of nitrogens with zero attached hydrogens (tertiary/aromatic N) is 3. The van der Waals surface area contributed by atoms with Crippen molar-refractivity contribution in [2.45, 2.75) is 13.5 Å². The summed E-state index contributed by atoms with van der Waals surface area (Å²) in [6, 6.07) is 13.7. The number of carbonyl (C=O) groups is 1. The number of thiazole rings is 1. The van der Waals surface area contributed by atoms with Crippen LogP contribution in [-0.2, 0) is 6.54 Å². The van der Waals surface area contributed by atoms with Crippen molar-refractivity contribution < 1.29 is 14.3 Å². The molecule has 1 fully saturated rings. The van der Waals surface area contributed by atoms with Crippen molar-refractivity contribution in [1.29, 1.82) is 0 Å². The Morgan fingerprint density at radius 3 is 2.53 bits per heavy atom. The van der Waals surface area contributed by atoms with Crippen LogP contribution in [0.2, 0.25) is 0 Å². The van der Waals surface area contributed by atoms with Gasteiger partial charge in [0, 0.05) is 32.7 Å². The van der Waals surface area contributed by atoms with Crippen LogP contribution in [0.15, 0.2) is 42.5 Å². The highest BCUT2D eigenvalue weighted by Crippen LogP contribution is 2.32. The Labute approximate surface area is 180 Å². The number of nitrogens with one attached hydrogen (secondary N) is 1. The first-order valence-electron chi connectivity index (χ1n) is 10.1. The van der Waals surface area contributed by atoms with E-state index in [0.717, 1.165) is 45.5 Å². The third-order valence-electron chi connectivity index (χ3n) is 5.10. The molecule has 0 spiro atoms. The maximum Gasteiger partial charge on any atom is 0.317 e. The number of ether oxygens (including phenoxy) is 2. The lowest BCUT2D eigenvalue weighted by Gasteiger charge is -2.34. The van der Waals surface area contributed by atoms with Crippen LogP contribution < -0.4 is 19.7 Å². The highest BCUT2D eigenvalue weighted by molar-refractivity contribution is 7.22. The minimum absolute atomic E-state index is 0.0314. The number of rotatable bonds is 6. The maximum absolute atomic E-state index is 12.5. The van der Waals surface area contributed by atoms with E-state index in [0.29, 0.717) is 26.2 Å². The Hall–Kier alpha value is -3.00. The zero-order chi connectivity index (χ0) is 20.9. The third kappa shape index (κ3) is 4.59. The molecule has 0 radical (unpaired) electrons. The number of methoxy groups -OCH3 is 1. The van der Waals surface area contributed by atoms with E-state index in [2.05, 4.69) is 10.2 Å². The molecule has 1 aliphatic heterocycles. The van der Waals surface area contributed by atoms with Crippen molar-refractivity contribution in [3.05, 3.63) is 48.0 Å². The van der Waals surface area contributed by atoms with E-state index in [1.165, 1.54) is 0 Å². The summed E-state index contributed by atoms with van der Waals surface area (Å²) in [4.78, 5) is 21.4. The lowest BCUT2D eigenvalue weighted by atomic mass is 10.2. The van der Waals surface area contributed by atoms with Crippen molar-refractivity contribution in [3.8, 4) is 11.5 Å². The molecule has 1 saturated heterocycles. The number of hydrogen-bond acceptors (Lipinski definition) is 6. The standard InChI is InChI=1S/C22H26N4O3S/c1-3-29-18-8-9-19-20(14-18)30-22(24-19)26-12-10-25(11-13-26)21(27)23-15-16-4-6-17(28-2)7-5-16/h4-9,14H,3,10-13,15H2,1-2H3,(H,23,27). The number of benzene rings is 2. The predicted molar refractivity (Wildman–Crippen MR) is 120 cm³/mol. The number of fused-ring (bicyclic) bond motifs is 1. The molecule has 2 aromatic carbocycles. The average Bonchev–Trinajstić information content (AvgIpc) is 3.21. The molecular formula is C22H26N4O3S. The van der Waals surface area contributed by atoms with Crippen LogP contribution in [0.3, 0.4) is 0 Å². The zero-order valence-electron chi connectivity index (χ0n) is 17.3. The lowest BCUT2D eigenvalue weighted by Crippen LogP contribution is -2.51. The molecule has 7 nitrogen and oxygen atoms in total. The third-order valence-corrected chi connectivity index (χ3v) is 6.18. The largest absolute Gasteiger partial charge is 0.497 e. The Bertz CT molecular complexity index is 997. The first-order valence-corrected chi connectivity index (χ1v) is 10.9. The maximum atomic E-state index is 12.5. The van der Waals surface area contributed by atoms with Crippen LogP contribution in [0.4, 0.5) is 9.93 Å². The normalized spacial score (nSPS) is 14.1. The van der Waals surface area contributed by atoms with Gasteiger partial charge in [-0.3, -0.25) is 0 Å². The molecule has 0 saturated carbocycles. The topological polar surface area (TPSA) is 66.9 Å². The quantitative estimate of drug-likeness (QED) is 0.651. The number of aromatic nitrogens is 1. The molecule has 0 atom stereocenters. The summed E-state index contributed by atoms with van der Waals surface area (Å²) in [7, 11) is 1.64. The summed E-state index contributed by atoms with van der Waals surface area (Å²) in [6.07, 6.45) is 0. The molecule has 158 valence electrons. The molecule has 0 aliphatic carbocycles. The van der Waals surface area contributed by atoms with E-state index in [4.69, 9.17) is 14.5 Å². The Kier molecular flexibility index (Phi) is 6.23. The highest BCUT2D eigenvalue weighted by Gasteiger charge is 2.23. The van der Waals surface area contributed by atoms with Gasteiger partial charge in [0.25, 0.3) is 0 Å². The van der Waals surface area contributed by atoms with Gasteiger partial charge in [-0.15, -0.1) is 0 Å². The van der Waals surface area contributed by atoms with Crippen molar-refractivity contribution >= 4 is 32.7 Å². The number of amides is 2. The van der Waals surface area contributed by atoms with E-state index in [-0.39, 0.29) is 6.03 Å². The van der Waals surface area contributed by atoms with E-state index < -0.39 is 0 Å². The number of anilines is 1. The number of piperazine rings is 1. The fourth-order valence-electron chi connectivity index (χ4n) is 3.42. The Balaban J connectivity index is 1.30. The van der Waals surface area contributed by atoms with Crippen LogP contribution in [-0.4, -0.2) is 55.8 Å². The molecule has 30 heavy (non-hydrogen) atoms. The Morgan fingerprint density at radius 1 is 1.10 bits per heavy atom. The first-order chi connectivity index (χ1) is 14.7. The molecule has 1 aromatic heterocycles. The van der Waals surface area contributed by atoms with Gasteiger partial charge in [0.1, 0.15) is 11.5 Å². The number of urea groups is 1. The minimum atomic E-state index is -0.0314. The molecule has 1 aliphatic rings. The van der Waals surface area contributed by atoms with Gasteiger partial charge in [-0.2, -0.15) is 0 Å². The van der Waals surface area contributed by atoms with Gasteiger partial charge in [-0.1, -0.05) is 23.5 Å². The minimum Gasteiger partial charge on any atom is -0.497 e. The second kappa shape index (κ2) is 9.21. The van der Waals surface area contributed by atoms with Crippen molar-refractivity contribution in [1.82, 2.24) is 15.2 Å². The smallest absolute Gasteiger partial charge is 0.317 e. The van der Waals surface area contributed by atoms with Gasteiger partial charge >= 0.3 is 6.03 Å². The molecule has 2 heterocycles. The summed E-state index contributed by atoms with van der Waals surface area (Å²) in [5.41, 5.74) is 2.03. The van der Waals surface area contributed by atoms with Gasteiger partial charge in [0.05, 0.1) is 23.9 Å². The molecule has 0 bridgehead atoms. The van der Waals surface area contributed by atoms with E-state index in [1.807, 2.05) is 54.3 Å². The van der Waals surface area contributed by atoms with Crippen LogP contribution >= 0.6 is 11.3 Å². The SMILES string of the molecule is CCOc1ccc2nc(N3CCN(C(=O)NCc4ccc(OC)cc4)CC3)sc2c1. The summed E-state index contributed by atoms with van der Waals surface area (Å²) in [5.74, 6) is 1.68. The second-order valence-corrected chi connectivity index (χ2v) is 8.05. The summed E-state index contributed by atoms with van der Waals surface area (Å²) < 4.78 is 11.9. The summed E-state index contributed by atoms with van der Waals surface area (Å²) in [6.45, 7) is 6.03. The van der Waals surface area contributed by atoms with Gasteiger partial charge in [0.15, 0.2) is 5.13 Å².